The van der Waals surface area contributed by atoms with Crippen LogP contribution in [0.2, 0.25) is 0 Å². The number of benzene rings is 1. The highest BCUT2D eigenvalue weighted by molar-refractivity contribution is 5.75. The summed E-state index contributed by atoms with van der Waals surface area (Å²) in [5.74, 6) is 0.504. The lowest BCUT2D eigenvalue weighted by atomic mass is 10.0. The first kappa shape index (κ1) is 12.5. The van der Waals surface area contributed by atoms with Gasteiger partial charge in [-0.05, 0) is 17.2 Å². The standard InChI is InChI=1S/C13H17NO2/c1-3-12(13(4-2)16-15)11-7-5-6-10(8-11)9-14/h3,5-8,15H,1,4,9,14H2,2H3/b13-12-. The van der Waals surface area contributed by atoms with Crippen LogP contribution in [0.3, 0.4) is 0 Å². The highest BCUT2D eigenvalue weighted by Crippen LogP contribution is 2.23. The molecule has 0 bridgehead atoms. The van der Waals surface area contributed by atoms with Crippen molar-refractivity contribution in [2.75, 3.05) is 0 Å². The zero-order valence-electron chi connectivity index (χ0n) is 9.44. The van der Waals surface area contributed by atoms with Gasteiger partial charge in [0.15, 0.2) is 0 Å². The Balaban J connectivity index is 3.22. The Bertz CT molecular complexity index is 391. The molecule has 0 radical (unpaired) electrons. The van der Waals surface area contributed by atoms with Crippen molar-refractivity contribution in [3.05, 3.63) is 53.8 Å². The van der Waals surface area contributed by atoms with Gasteiger partial charge in [0.2, 0.25) is 0 Å². The van der Waals surface area contributed by atoms with Crippen LogP contribution in [0.15, 0.2) is 42.7 Å². The lowest BCUT2D eigenvalue weighted by Gasteiger charge is -2.09. The van der Waals surface area contributed by atoms with Crippen LogP contribution in [0.5, 0.6) is 0 Å². The van der Waals surface area contributed by atoms with Gasteiger partial charge in [-0.25, -0.2) is 5.26 Å². The summed E-state index contributed by atoms with van der Waals surface area (Å²) in [6.45, 7) is 6.12. The highest BCUT2D eigenvalue weighted by atomic mass is 17.1. The Morgan fingerprint density at radius 3 is 2.81 bits per heavy atom. The van der Waals surface area contributed by atoms with E-state index in [2.05, 4.69) is 11.5 Å². The number of hydrogen-bond acceptors (Lipinski definition) is 3. The summed E-state index contributed by atoms with van der Waals surface area (Å²) in [6, 6.07) is 7.78. The van der Waals surface area contributed by atoms with Gasteiger partial charge in [-0.15, -0.1) is 0 Å². The van der Waals surface area contributed by atoms with E-state index in [1.165, 1.54) is 0 Å². The molecule has 0 atom stereocenters. The summed E-state index contributed by atoms with van der Waals surface area (Å²) in [4.78, 5) is 4.36. The number of nitrogens with two attached hydrogens (primary N) is 1. The molecule has 0 heterocycles. The molecule has 3 N–H and O–H groups in total. The van der Waals surface area contributed by atoms with Crippen LogP contribution in [0.1, 0.15) is 24.5 Å². The average Bonchev–Trinajstić information content (AvgIpc) is 2.35. The van der Waals surface area contributed by atoms with Gasteiger partial charge in [0.05, 0.1) is 0 Å². The Hall–Kier alpha value is -1.58. The van der Waals surface area contributed by atoms with E-state index >= 15 is 0 Å². The van der Waals surface area contributed by atoms with Gasteiger partial charge < -0.3 is 10.6 Å². The second-order valence-electron chi connectivity index (χ2n) is 3.39. The molecule has 0 fully saturated rings. The van der Waals surface area contributed by atoms with Crippen LogP contribution in [-0.2, 0) is 11.4 Å². The first-order valence-corrected chi connectivity index (χ1v) is 5.23. The molecule has 1 aromatic carbocycles. The van der Waals surface area contributed by atoms with Crippen molar-refractivity contribution < 1.29 is 10.1 Å². The normalized spacial score (nSPS) is 11.9. The van der Waals surface area contributed by atoms with Crippen LogP contribution in [-0.4, -0.2) is 5.26 Å². The summed E-state index contributed by atoms with van der Waals surface area (Å²) in [6.07, 6.45) is 2.27. The minimum Gasteiger partial charge on any atom is -0.344 e. The van der Waals surface area contributed by atoms with E-state index in [4.69, 9.17) is 11.0 Å². The molecule has 0 spiro atoms. The molecule has 0 aromatic heterocycles. The van der Waals surface area contributed by atoms with Crippen LogP contribution in [0, 0.1) is 0 Å². The Morgan fingerprint density at radius 1 is 1.56 bits per heavy atom. The fraction of sp³-hybridized carbons (Fsp3) is 0.231. The van der Waals surface area contributed by atoms with Gasteiger partial charge in [0.1, 0.15) is 5.76 Å². The van der Waals surface area contributed by atoms with E-state index in [9.17, 15) is 0 Å². The molecule has 0 unspecified atom stereocenters. The first-order valence-electron chi connectivity index (χ1n) is 5.23. The van der Waals surface area contributed by atoms with Gasteiger partial charge in [0, 0.05) is 18.5 Å². The molecule has 3 nitrogen and oxygen atoms in total. The molecule has 1 rings (SSSR count). The monoisotopic (exact) mass is 219 g/mol. The molecule has 16 heavy (non-hydrogen) atoms. The van der Waals surface area contributed by atoms with Gasteiger partial charge in [-0.1, -0.05) is 37.8 Å². The second kappa shape index (κ2) is 6.10. The number of rotatable bonds is 5. The van der Waals surface area contributed by atoms with Crippen molar-refractivity contribution in [2.24, 2.45) is 5.73 Å². The van der Waals surface area contributed by atoms with Crippen molar-refractivity contribution in [3.63, 3.8) is 0 Å². The topological polar surface area (TPSA) is 55.5 Å². The maximum absolute atomic E-state index is 8.79. The van der Waals surface area contributed by atoms with Crippen molar-refractivity contribution >= 4 is 5.57 Å². The van der Waals surface area contributed by atoms with Crippen molar-refractivity contribution in [3.8, 4) is 0 Å². The first-order chi connectivity index (χ1) is 7.76. The lowest BCUT2D eigenvalue weighted by molar-refractivity contribution is -0.204. The second-order valence-corrected chi connectivity index (χ2v) is 3.39. The van der Waals surface area contributed by atoms with Crippen molar-refractivity contribution in [1.29, 1.82) is 0 Å². The summed E-state index contributed by atoms with van der Waals surface area (Å²) in [5.41, 5.74) is 8.35. The van der Waals surface area contributed by atoms with E-state index in [0.29, 0.717) is 18.7 Å². The molecule has 0 amide bonds. The highest BCUT2D eigenvalue weighted by Gasteiger charge is 2.07. The minimum absolute atomic E-state index is 0.486. The lowest BCUT2D eigenvalue weighted by Crippen LogP contribution is -1.98. The SMILES string of the molecule is C=C/C(=C(\CC)OO)c1cccc(CN)c1. The molecule has 1 aromatic rings. The fourth-order valence-corrected chi connectivity index (χ4v) is 1.56. The third-order valence-electron chi connectivity index (χ3n) is 2.41. The van der Waals surface area contributed by atoms with Gasteiger partial charge >= 0.3 is 0 Å². The molecular weight excluding hydrogens is 202 g/mol. The largest absolute Gasteiger partial charge is 0.344 e. The Morgan fingerprint density at radius 2 is 2.31 bits per heavy atom. The van der Waals surface area contributed by atoms with Gasteiger partial charge in [-0.2, -0.15) is 0 Å². The molecule has 0 saturated carbocycles. The van der Waals surface area contributed by atoms with Gasteiger partial charge in [0.25, 0.3) is 0 Å². The van der Waals surface area contributed by atoms with Crippen LogP contribution >= 0.6 is 0 Å². The zero-order valence-corrected chi connectivity index (χ0v) is 9.44. The summed E-state index contributed by atoms with van der Waals surface area (Å²) in [7, 11) is 0. The molecule has 0 aliphatic rings. The molecular formula is C13H17NO2. The van der Waals surface area contributed by atoms with Crippen molar-refractivity contribution in [2.45, 2.75) is 19.9 Å². The Labute approximate surface area is 95.8 Å². The third-order valence-corrected chi connectivity index (χ3v) is 2.41. The molecule has 0 aliphatic heterocycles. The molecule has 86 valence electrons. The van der Waals surface area contributed by atoms with E-state index in [-0.39, 0.29) is 0 Å². The quantitative estimate of drug-likeness (QED) is 0.346. The van der Waals surface area contributed by atoms with Crippen LogP contribution in [0.25, 0.3) is 5.57 Å². The van der Waals surface area contributed by atoms with Crippen LogP contribution in [0.4, 0.5) is 0 Å². The predicted octanol–water partition coefficient (Wildman–Crippen LogP) is 2.94. The van der Waals surface area contributed by atoms with E-state index in [1.54, 1.807) is 6.08 Å². The van der Waals surface area contributed by atoms with E-state index in [0.717, 1.165) is 16.7 Å². The third kappa shape index (κ3) is 2.72. The molecule has 3 heteroatoms. The van der Waals surface area contributed by atoms with Crippen LogP contribution < -0.4 is 5.73 Å². The average molecular weight is 219 g/mol. The smallest absolute Gasteiger partial charge is 0.149 e. The van der Waals surface area contributed by atoms with E-state index in [1.807, 2.05) is 31.2 Å². The Kier molecular flexibility index (Phi) is 4.76. The maximum atomic E-state index is 8.79. The van der Waals surface area contributed by atoms with E-state index < -0.39 is 0 Å². The fourth-order valence-electron chi connectivity index (χ4n) is 1.56. The van der Waals surface area contributed by atoms with Gasteiger partial charge in [-0.3, -0.25) is 0 Å². The maximum Gasteiger partial charge on any atom is 0.149 e. The summed E-state index contributed by atoms with van der Waals surface area (Å²) in [5, 5.41) is 8.79. The summed E-state index contributed by atoms with van der Waals surface area (Å²) >= 11 is 0. The predicted molar refractivity (Wildman–Crippen MR) is 65.5 cm³/mol. The van der Waals surface area contributed by atoms with Crippen molar-refractivity contribution in [1.82, 2.24) is 0 Å². The molecule has 0 saturated heterocycles. The number of hydrogen-bond donors (Lipinski definition) is 2. The number of allylic oxidation sites excluding steroid dienone is 3. The molecule has 0 aliphatic carbocycles. The zero-order chi connectivity index (χ0) is 12.0. The summed E-state index contributed by atoms with van der Waals surface area (Å²) < 4.78 is 0. The minimum atomic E-state index is 0.486.